The first kappa shape index (κ1) is 12.0. The van der Waals surface area contributed by atoms with Crippen molar-refractivity contribution in [1.29, 1.82) is 0 Å². The molecule has 18 heavy (non-hydrogen) atoms. The van der Waals surface area contributed by atoms with Gasteiger partial charge in [0, 0.05) is 37.6 Å². The van der Waals surface area contributed by atoms with Crippen molar-refractivity contribution in [3.8, 4) is 0 Å². The lowest BCUT2D eigenvalue weighted by atomic mass is 9.99. The summed E-state index contributed by atoms with van der Waals surface area (Å²) in [6, 6.07) is 1.34. The fraction of sp³-hybridized carbons (Fsp3) is 0.786. The molecular formula is C14H24N4. The van der Waals surface area contributed by atoms with E-state index in [0.717, 1.165) is 25.0 Å². The fourth-order valence-electron chi connectivity index (χ4n) is 3.45. The van der Waals surface area contributed by atoms with Crippen LogP contribution in [0.2, 0.25) is 0 Å². The van der Waals surface area contributed by atoms with Crippen LogP contribution in [0.15, 0.2) is 12.4 Å². The molecule has 0 spiro atoms. The molecule has 4 nitrogen and oxygen atoms in total. The number of nitrogens with zero attached hydrogens (tertiary/aromatic N) is 3. The molecule has 0 aromatic carbocycles. The quantitative estimate of drug-likeness (QED) is 0.888. The molecule has 2 aliphatic heterocycles. The molecule has 2 aliphatic rings. The molecule has 3 rings (SSSR count). The maximum atomic E-state index is 4.47. The Kier molecular flexibility index (Phi) is 3.55. The number of hydrogen-bond acceptors (Lipinski definition) is 3. The van der Waals surface area contributed by atoms with Gasteiger partial charge in [-0.15, -0.1) is 0 Å². The Morgan fingerprint density at radius 1 is 1.33 bits per heavy atom. The van der Waals surface area contributed by atoms with E-state index in [9.17, 15) is 0 Å². The van der Waals surface area contributed by atoms with Gasteiger partial charge in [-0.25, -0.2) is 4.98 Å². The van der Waals surface area contributed by atoms with Gasteiger partial charge in [0.25, 0.3) is 0 Å². The largest absolute Gasteiger partial charge is 0.351 e. The van der Waals surface area contributed by atoms with Gasteiger partial charge in [-0.05, 0) is 32.2 Å². The van der Waals surface area contributed by atoms with Gasteiger partial charge >= 0.3 is 0 Å². The molecule has 0 amide bonds. The van der Waals surface area contributed by atoms with E-state index in [1.54, 1.807) is 0 Å². The third kappa shape index (κ3) is 2.26. The first-order chi connectivity index (χ1) is 8.88. The molecule has 1 N–H and O–H groups in total. The maximum absolute atomic E-state index is 4.47. The minimum Gasteiger partial charge on any atom is -0.351 e. The minimum absolute atomic E-state index is 0.600. The van der Waals surface area contributed by atoms with Crippen molar-refractivity contribution in [3.63, 3.8) is 0 Å². The number of imidazole rings is 1. The highest BCUT2D eigenvalue weighted by molar-refractivity contribution is 5.29. The maximum Gasteiger partial charge on any atom is 0.203 e. The smallest absolute Gasteiger partial charge is 0.203 e. The topological polar surface area (TPSA) is 33.1 Å². The van der Waals surface area contributed by atoms with E-state index in [1.165, 1.54) is 38.8 Å². The van der Waals surface area contributed by atoms with Gasteiger partial charge in [-0.3, -0.25) is 4.90 Å². The summed E-state index contributed by atoms with van der Waals surface area (Å²) >= 11 is 0. The standard InChI is InChI=1S/C14H24N4/c1-2-8-18-11-7-15-14(18)16-12-6-10-17-9-4-3-5-13(12)17/h7,11-13H,2-6,8-10H2,1H3,(H,15,16). The second kappa shape index (κ2) is 5.31. The minimum atomic E-state index is 0.600. The average Bonchev–Trinajstić information content (AvgIpc) is 2.99. The average molecular weight is 248 g/mol. The van der Waals surface area contributed by atoms with Crippen LogP contribution in [0, 0.1) is 0 Å². The van der Waals surface area contributed by atoms with Crippen LogP contribution in [0.25, 0.3) is 0 Å². The summed E-state index contributed by atoms with van der Waals surface area (Å²) in [4.78, 5) is 7.13. The van der Waals surface area contributed by atoms with Gasteiger partial charge < -0.3 is 9.88 Å². The zero-order valence-corrected chi connectivity index (χ0v) is 11.3. The Morgan fingerprint density at radius 2 is 2.28 bits per heavy atom. The highest BCUT2D eigenvalue weighted by Gasteiger charge is 2.35. The lowest BCUT2D eigenvalue weighted by Crippen LogP contribution is -2.42. The van der Waals surface area contributed by atoms with E-state index >= 15 is 0 Å². The highest BCUT2D eigenvalue weighted by Crippen LogP contribution is 2.29. The summed E-state index contributed by atoms with van der Waals surface area (Å²) in [5.74, 6) is 1.06. The van der Waals surface area contributed by atoms with Gasteiger partial charge in [-0.1, -0.05) is 13.3 Å². The lowest BCUT2D eigenvalue weighted by molar-refractivity contribution is 0.192. The number of fused-ring (bicyclic) bond motifs is 1. The summed E-state index contributed by atoms with van der Waals surface area (Å²) in [5.41, 5.74) is 0. The Labute approximate surface area is 109 Å². The van der Waals surface area contributed by atoms with Crippen molar-refractivity contribution in [3.05, 3.63) is 12.4 Å². The van der Waals surface area contributed by atoms with E-state index in [-0.39, 0.29) is 0 Å². The van der Waals surface area contributed by atoms with Gasteiger partial charge in [0.1, 0.15) is 0 Å². The number of hydrogen-bond donors (Lipinski definition) is 1. The van der Waals surface area contributed by atoms with E-state index in [4.69, 9.17) is 0 Å². The van der Waals surface area contributed by atoms with Crippen molar-refractivity contribution in [2.75, 3.05) is 18.4 Å². The molecule has 0 bridgehead atoms. The van der Waals surface area contributed by atoms with Crippen LogP contribution in [0.5, 0.6) is 0 Å². The predicted octanol–water partition coefficient (Wildman–Crippen LogP) is 2.33. The van der Waals surface area contributed by atoms with Crippen molar-refractivity contribution >= 4 is 5.95 Å². The van der Waals surface area contributed by atoms with Crippen LogP contribution in [-0.4, -0.2) is 39.6 Å². The summed E-state index contributed by atoms with van der Waals surface area (Å²) < 4.78 is 2.24. The summed E-state index contributed by atoms with van der Waals surface area (Å²) in [5, 5.41) is 3.68. The molecular weight excluding hydrogens is 224 g/mol. The molecule has 1 aromatic rings. The summed E-state index contributed by atoms with van der Waals surface area (Å²) in [6.45, 7) is 5.83. The number of nitrogens with one attached hydrogen (secondary N) is 1. The van der Waals surface area contributed by atoms with Gasteiger partial charge in [-0.2, -0.15) is 0 Å². The van der Waals surface area contributed by atoms with Gasteiger partial charge in [0.15, 0.2) is 0 Å². The van der Waals surface area contributed by atoms with Crippen LogP contribution in [0.1, 0.15) is 39.0 Å². The summed E-state index contributed by atoms with van der Waals surface area (Å²) in [6.07, 6.45) is 10.5. The number of piperidine rings is 1. The first-order valence-electron chi connectivity index (χ1n) is 7.40. The van der Waals surface area contributed by atoms with Gasteiger partial charge in [0.2, 0.25) is 5.95 Å². The van der Waals surface area contributed by atoms with Gasteiger partial charge in [0.05, 0.1) is 0 Å². The molecule has 2 atom stereocenters. The third-order valence-electron chi connectivity index (χ3n) is 4.35. The predicted molar refractivity (Wildman–Crippen MR) is 73.8 cm³/mol. The molecule has 0 radical (unpaired) electrons. The number of aryl methyl sites for hydroxylation is 1. The van der Waals surface area contributed by atoms with Crippen LogP contribution >= 0.6 is 0 Å². The van der Waals surface area contributed by atoms with E-state index in [0.29, 0.717) is 6.04 Å². The molecule has 2 fully saturated rings. The van der Waals surface area contributed by atoms with Crippen LogP contribution < -0.4 is 5.32 Å². The fourth-order valence-corrected chi connectivity index (χ4v) is 3.45. The van der Waals surface area contributed by atoms with E-state index in [1.807, 2.05) is 6.20 Å². The first-order valence-corrected chi connectivity index (χ1v) is 7.40. The van der Waals surface area contributed by atoms with Crippen LogP contribution in [-0.2, 0) is 6.54 Å². The van der Waals surface area contributed by atoms with Crippen LogP contribution in [0.3, 0.4) is 0 Å². The van der Waals surface area contributed by atoms with Crippen molar-refractivity contribution in [2.45, 2.75) is 57.7 Å². The molecule has 100 valence electrons. The molecule has 2 saturated heterocycles. The van der Waals surface area contributed by atoms with Crippen molar-refractivity contribution < 1.29 is 0 Å². The van der Waals surface area contributed by atoms with Crippen LogP contribution in [0.4, 0.5) is 5.95 Å². The number of aromatic nitrogens is 2. The monoisotopic (exact) mass is 248 g/mol. The van der Waals surface area contributed by atoms with E-state index in [2.05, 4.69) is 32.9 Å². The normalized spacial score (nSPS) is 28.3. The summed E-state index contributed by atoms with van der Waals surface area (Å²) in [7, 11) is 0. The zero-order chi connectivity index (χ0) is 12.4. The second-order valence-electron chi connectivity index (χ2n) is 5.58. The van der Waals surface area contributed by atoms with Crippen molar-refractivity contribution in [2.24, 2.45) is 0 Å². The molecule has 0 saturated carbocycles. The molecule has 3 heterocycles. The molecule has 1 aromatic heterocycles. The van der Waals surface area contributed by atoms with E-state index < -0.39 is 0 Å². The SMILES string of the molecule is CCCn1ccnc1NC1CCN2CCCCC12. The Hall–Kier alpha value is -1.03. The highest BCUT2D eigenvalue weighted by atomic mass is 15.3. The van der Waals surface area contributed by atoms with Crippen molar-refractivity contribution in [1.82, 2.24) is 14.5 Å². The Balaban J connectivity index is 1.67. The molecule has 0 aliphatic carbocycles. The lowest BCUT2D eigenvalue weighted by Gasteiger charge is -2.32. The molecule has 2 unspecified atom stereocenters. The zero-order valence-electron chi connectivity index (χ0n) is 11.3. The number of anilines is 1. The molecule has 4 heteroatoms. The Morgan fingerprint density at radius 3 is 3.17 bits per heavy atom. The Bertz CT molecular complexity index is 387. The third-order valence-corrected chi connectivity index (χ3v) is 4.35. The number of rotatable bonds is 4. The second-order valence-corrected chi connectivity index (χ2v) is 5.58.